The minimum atomic E-state index is -0.342. The quantitative estimate of drug-likeness (QED) is 0.601. The zero-order chi connectivity index (χ0) is 22.0. The Morgan fingerprint density at radius 2 is 2.06 bits per heavy atom. The standard InChI is InChI=1S/C21H24Cl2N6O2/c1-2-3-9-17(30)28-10-5-6-13(11-28)19-24-20-18(21(31)25-19)26-27-29(20)12-14-15(22)7-4-8-16(14)23/h4,7-8,13H,2-3,5-6,9-12H2,1H3,(H,24,25,31). The fourth-order valence-electron chi connectivity index (χ4n) is 3.93. The van der Waals surface area contributed by atoms with Gasteiger partial charge in [0.1, 0.15) is 5.82 Å². The number of unbranched alkanes of at least 4 members (excludes halogenated alkanes) is 1. The first kappa shape index (κ1) is 21.8. The zero-order valence-electron chi connectivity index (χ0n) is 17.3. The molecule has 164 valence electrons. The van der Waals surface area contributed by atoms with Gasteiger partial charge in [-0.25, -0.2) is 9.67 Å². The summed E-state index contributed by atoms with van der Waals surface area (Å²) >= 11 is 12.6. The average Bonchev–Trinajstić information content (AvgIpc) is 3.18. The number of aromatic nitrogens is 5. The van der Waals surface area contributed by atoms with Gasteiger partial charge < -0.3 is 9.88 Å². The number of hydrogen-bond donors (Lipinski definition) is 1. The van der Waals surface area contributed by atoms with E-state index in [1.54, 1.807) is 18.2 Å². The van der Waals surface area contributed by atoms with Crippen molar-refractivity contribution in [1.29, 1.82) is 0 Å². The molecule has 1 aromatic carbocycles. The first-order chi connectivity index (χ1) is 15.0. The number of nitrogens with one attached hydrogen (secondary N) is 1. The van der Waals surface area contributed by atoms with Gasteiger partial charge in [-0.05, 0) is 31.4 Å². The van der Waals surface area contributed by atoms with Gasteiger partial charge >= 0.3 is 0 Å². The van der Waals surface area contributed by atoms with Crippen LogP contribution in [0.2, 0.25) is 10.0 Å². The van der Waals surface area contributed by atoms with Crippen LogP contribution < -0.4 is 5.56 Å². The molecule has 1 N–H and O–H groups in total. The number of likely N-dealkylation sites (tertiary alicyclic amines) is 1. The predicted octanol–water partition coefficient (Wildman–Crippen LogP) is 3.77. The van der Waals surface area contributed by atoms with Crippen LogP contribution in [-0.4, -0.2) is 48.9 Å². The molecule has 3 aromatic rings. The maximum atomic E-state index is 12.7. The number of H-pyrrole nitrogens is 1. The van der Waals surface area contributed by atoms with Crippen LogP contribution in [0, 0.1) is 0 Å². The highest BCUT2D eigenvalue weighted by molar-refractivity contribution is 6.36. The van der Waals surface area contributed by atoms with E-state index < -0.39 is 0 Å². The van der Waals surface area contributed by atoms with Crippen molar-refractivity contribution in [1.82, 2.24) is 29.9 Å². The highest BCUT2D eigenvalue weighted by Gasteiger charge is 2.27. The van der Waals surface area contributed by atoms with Crippen LogP contribution in [0.1, 0.15) is 56.3 Å². The van der Waals surface area contributed by atoms with Gasteiger partial charge in [0.15, 0.2) is 11.2 Å². The lowest BCUT2D eigenvalue weighted by molar-refractivity contribution is -0.132. The fraction of sp³-hybridized carbons (Fsp3) is 0.476. The van der Waals surface area contributed by atoms with Crippen LogP contribution >= 0.6 is 23.2 Å². The van der Waals surface area contributed by atoms with E-state index >= 15 is 0 Å². The van der Waals surface area contributed by atoms with Gasteiger partial charge in [0.2, 0.25) is 5.91 Å². The van der Waals surface area contributed by atoms with Crippen molar-refractivity contribution in [2.24, 2.45) is 0 Å². The van der Waals surface area contributed by atoms with E-state index in [0.29, 0.717) is 40.0 Å². The van der Waals surface area contributed by atoms with Crippen molar-refractivity contribution in [3.8, 4) is 0 Å². The number of amides is 1. The smallest absolute Gasteiger partial charge is 0.281 e. The number of aromatic amines is 1. The lowest BCUT2D eigenvalue weighted by atomic mass is 9.96. The van der Waals surface area contributed by atoms with Crippen molar-refractivity contribution in [2.45, 2.75) is 51.5 Å². The number of hydrogen-bond acceptors (Lipinski definition) is 5. The summed E-state index contributed by atoms with van der Waals surface area (Å²) in [6.45, 7) is 3.62. The second kappa shape index (κ2) is 9.36. The topological polar surface area (TPSA) is 96.8 Å². The molecular formula is C21H24Cl2N6O2. The normalized spacial score (nSPS) is 16.7. The van der Waals surface area contributed by atoms with Gasteiger partial charge in [-0.15, -0.1) is 5.10 Å². The van der Waals surface area contributed by atoms with Gasteiger partial charge in [0.05, 0.1) is 6.54 Å². The number of nitrogens with zero attached hydrogens (tertiary/aromatic N) is 5. The summed E-state index contributed by atoms with van der Waals surface area (Å²) in [6, 6.07) is 5.27. The Kier molecular flexibility index (Phi) is 6.57. The maximum absolute atomic E-state index is 12.7. The summed E-state index contributed by atoms with van der Waals surface area (Å²) < 4.78 is 1.54. The van der Waals surface area contributed by atoms with Crippen molar-refractivity contribution in [2.75, 3.05) is 13.1 Å². The third-order valence-corrected chi connectivity index (χ3v) is 6.37. The third-order valence-electron chi connectivity index (χ3n) is 5.67. The van der Waals surface area contributed by atoms with Gasteiger partial charge in [0, 0.05) is 41.0 Å². The van der Waals surface area contributed by atoms with Crippen molar-refractivity contribution < 1.29 is 4.79 Å². The van der Waals surface area contributed by atoms with E-state index in [9.17, 15) is 9.59 Å². The molecule has 1 aliphatic heterocycles. The predicted molar refractivity (Wildman–Crippen MR) is 120 cm³/mol. The Morgan fingerprint density at radius 3 is 2.81 bits per heavy atom. The first-order valence-electron chi connectivity index (χ1n) is 10.5. The summed E-state index contributed by atoms with van der Waals surface area (Å²) in [6.07, 6.45) is 4.15. The minimum absolute atomic E-state index is 0.0383. The van der Waals surface area contributed by atoms with E-state index in [1.807, 2.05) is 4.90 Å². The molecule has 1 unspecified atom stereocenters. The summed E-state index contributed by atoms with van der Waals surface area (Å²) in [7, 11) is 0. The lowest BCUT2D eigenvalue weighted by Gasteiger charge is -2.32. The van der Waals surface area contributed by atoms with Crippen LogP contribution in [0.3, 0.4) is 0 Å². The molecule has 10 heteroatoms. The number of halogens is 2. The van der Waals surface area contributed by atoms with Crippen LogP contribution in [0.5, 0.6) is 0 Å². The fourth-order valence-corrected chi connectivity index (χ4v) is 4.45. The molecule has 3 heterocycles. The number of piperidine rings is 1. The maximum Gasteiger partial charge on any atom is 0.281 e. The molecule has 1 fully saturated rings. The summed E-state index contributed by atoms with van der Waals surface area (Å²) in [5.74, 6) is 0.679. The Labute approximate surface area is 189 Å². The van der Waals surface area contributed by atoms with Crippen LogP contribution in [0.15, 0.2) is 23.0 Å². The first-order valence-corrected chi connectivity index (χ1v) is 11.3. The molecule has 0 radical (unpaired) electrons. The number of carbonyl (C=O) groups is 1. The number of rotatable bonds is 6. The molecule has 4 rings (SSSR count). The monoisotopic (exact) mass is 462 g/mol. The second-order valence-electron chi connectivity index (χ2n) is 7.85. The molecule has 1 saturated heterocycles. The number of benzene rings is 1. The van der Waals surface area contributed by atoms with E-state index in [0.717, 1.165) is 32.2 Å². The molecule has 1 atom stereocenters. The largest absolute Gasteiger partial charge is 0.342 e. The molecule has 0 bridgehead atoms. The molecule has 1 amide bonds. The summed E-state index contributed by atoms with van der Waals surface area (Å²) in [5.41, 5.74) is 0.889. The van der Waals surface area contributed by atoms with Crippen molar-refractivity contribution in [3.05, 3.63) is 50.0 Å². The Hall–Kier alpha value is -2.45. The second-order valence-corrected chi connectivity index (χ2v) is 8.67. The van der Waals surface area contributed by atoms with Gasteiger partial charge in [-0.3, -0.25) is 9.59 Å². The molecule has 2 aromatic heterocycles. The van der Waals surface area contributed by atoms with Crippen LogP contribution in [0.4, 0.5) is 0 Å². The van der Waals surface area contributed by atoms with Crippen molar-refractivity contribution >= 4 is 40.3 Å². The van der Waals surface area contributed by atoms with E-state index in [1.165, 1.54) is 4.68 Å². The van der Waals surface area contributed by atoms with Gasteiger partial charge in [0.25, 0.3) is 5.56 Å². The van der Waals surface area contributed by atoms with Crippen LogP contribution in [0.25, 0.3) is 11.2 Å². The molecule has 31 heavy (non-hydrogen) atoms. The highest BCUT2D eigenvalue weighted by Crippen LogP contribution is 2.27. The SMILES string of the molecule is CCCCC(=O)N1CCCC(c2nc3c(nnn3Cc3c(Cl)cccc3Cl)c(=O)[nH]2)C1. The zero-order valence-corrected chi connectivity index (χ0v) is 18.8. The van der Waals surface area contributed by atoms with E-state index in [4.69, 9.17) is 23.2 Å². The third kappa shape index (κ3) is 4.60. The molecule has 1 aliphatic rings. The molecule has 0 saturated carbocycles. The number of carbonyl (C=O) groups excluding carboxylic acids is 1. The Bertz CT molecular complexity index is 1140. The molecule has 8 nitrogen and oxygen atoms in total. The van der Waals surface area contributed by atoms with Gasteiger partial charge in [-0.2, -0.15) is 0 Å². The summed E-state index contributed by atoms with van der Waals surface area (Å²) in [4.78, 5) is 34.6. The highest BCUT2D eigenvalue weighted by atomic mass is 35.5. The molecule has 0 aliphatic carbocycles. The van der Waals surface area contributed by atoms with E-state index in [-0.39, 0.29) is 29.4 Å². The molecular weight excluding hydrogens is 439 g/mol. The minimum Gasteiger partial charge on any atom is -0.342 e. The van der Waals surface area contributed by atoms with Crippen LogP contribution in [-0.2, 0) is 11.3 Å². The summed E-state index contributed by atoms with van der Waals surface area (Å²) in [5, 5.41) is 9.11. The van der Waals surface area contributed by atoms with Gasteiger partial charge in [-0.1, -0.05) is 47.8 Å². The number of fused-ring (bicyclic) bond motifs is 1. The lowest BCUT2D eigenvalue weighted by Crippen LogP contribution is -2.39. The van der Waals surface area contributed by atoms with E-state index in [2.05, 4.69) is 27.2 Å². The Balaban J connectivity index is 1.63. The molecule has 0 spiro atoms. The average molecular weight is 463 g/mol. The van der Waals surface area contributed by atoms with Crippen molar-refractivity contribution in [3.63, 3.8) is 0 Å². The Morgan fingerprint density at radius 1 is 1.29 bits per heavy atom.